The predicted octanol–water partition coefficient (Wildman–Crippen LogP) is 2.76. The average Bonchev–Trinajstić information content (AvgIpc) is 3.36. The lowest BCUT2D eigenvalue weighted by Gasteiger charge is -2.21. The van der Waals surface area contributed by atoms with Crippen LogP contribution in [-0.4, -0.2) is 74.0 Å². The van der Waals surface area contributed by atoms with E-state index in [1.807, 2.05) is 31.1 Å². The van der Waals surface area contributed by atoms with Crippen molar-refractivity contribution in [1.29, 1.82) is 0 Å². The van der Waals surface area contributed by atoms with Crippen molar-refractivity contribution in [3.05, 3.63) is 48.3 Å². The Morgan fingerprint density at radius 1 is 1.15 bits per heavy atom. The molecule has 0 bridgehead atoms. The van der Waals surface area contributed by atoms with Gasteiger partial charge in [0.1, 0.15) is 0 Å². The highest BCUT2D eigenvalue weighted by Gasteiger charge is 2.38. The predicted molar refractivity (Wildman–Crippen MR) is 114 cm³/mol. The minimum Gasteiger partial charge on any atom is -0.475 e. The van der Waals surface area contributed by atoms with E-state index in [4.69, 9.17) is 19.3 Å². The Hall–Kier alpha value is -3.90. The van der Waals surface area contributed by atoms with Crippen molar-refractivity contribution in [2.75, 3.05) is 31.1 Å². The molecule has 182 valence electrons. The molecule has 0 unspecified atom stereocenters. The van der Waals surface area contributed by atoms with Gasteiger partial charge in [0.25, 0.3) is 5.91 Å². The number of carboxylic acid groups (broad SMARTS) is 1. The van der Waals surface area contributed by atoms with Gasteiger partial charge in [-0.1, -0.05) is 0 Å². The number of rotatable bonds is 3. The Labute approximate surface area is 192 Å². The van der Waals surface area contributed by atoms with Gasteiger partial charge in [-0.15, -0.1) is 0 Å². The fourth-order valence-electron chi connectivity index (χ4n) is 3.38. The molecule has 1 N–H and O–H groups in total. The number of carbonyl (C=O) groups is 2. The minimum atomic E-state index is -5.08. The van der Waals surface area contributed by atoms with E-state index in [9.17, 15) is 18.0 Å². The number of amides is 1. The highest BCUT2D eigenvalue weighted by atomic mass is 19.4. The van der Waals surface area contributed by atoms with E-state index in [0.717, 1.165) is 29.9 Å². The summed E-state index contributed by atoms with van der Waals surface area (Å²) in [5, 5.41) is 11.5. The Kier molecular flexibility index (Phi) is 7.54. The van der Waals surface area contributed by atoms with Crippen molar-refractivity contribution in [1.82, 2.24) is 24.6 Å². The molecule has 3 aromatic heterocycles. The third-order valence-corrected chi connectivity index (χ3v) is 4.97. The number of hydrogen-bond donors (Lipinski definition) is 1. The molecule has 34 heavy (non-hydrogen) atoms. The smallest absolute Gasteiger partial charge is 0.475 e. The van der Waals surface area contributed by atoms with Gasteiger partial charge in [0.2, 0.25) is 5.95 Å². The largest absolute Gasteiger partial charge is 0.490 e. The van der Waals surface area contributed by atoms with Crippen LogP contribution in [-0.2, 0) is 11.8 Å². The summed E-state index contributed by atoms with van der Waals surface area (Å²) in [6.45, 7) is 4.76. The van der Waals surface area contributed by atoms with E-state index in [-0.39, 0.29) is 5.91 Å². The summed E-state index contributed by atoms with van der Waals surface area (Å²) in [7, 11) is 1.90. The molecule has 1 aliphatic rings. The number of carboxylic acids is 1. The molecule has 3 aromatic rings. The van der Waals surface area contributed by atoms with E-state index in [2.05, 4.69) is 15.0 Å². The molecule has 0 radical (unpaired) electrons. The maximum atomic E-state index is 12.5. The van der Waals surface area contributed by atoms with Gasteiger partial charge in [-0.2, -0.15) is 18.3 Å². The maximum absolute atomic E-state index is 12.5. The third kappa shape index (κ3) is 6.11. The summed E-state index contributed by atoms with van der Waals surface area (Å²) < 4.78 is 38.8. The molecule has 4 heterocycles. The van der Waals surface area contributed by atoms with Crippen LogP contribution in [0.2, 0.25) is 0 Å². The maximum Gasteiger partial charge on any atom is 0.490 e. The fourth-order valence-corrected chi connectivity index (χ4v) is 3.38. The molecule has 0 aromatic carbocycles. The van der Waals surface area contributed by atoms with Crippen molar-refractivity contribution in [3.8, 4) is 11.3 Å². The molecule has 0 saturated carbocycles. The summed E-state index contributed by atoms with van der Waals surface area (Å²) in [6, 6.07) is 5.34. The van der Waals surface area contributed by atoms with Gasteiger partial charge in [-0.05, 0) is 31.5 Å². The van der Waals surface area contributed by atoms with E-state index >= 15 is 0 Å². The monoisotopic (exact) mass is 480 g/mol. The van der Waals surface area contributed by atoms with Gasteiger partial charge < -0.3 is 19.3 Å². The molecule has 0 spiro atoms. The topological polar surface area (TPSA) is 118 Å². The number of anilines is 1. The zero-order chi connectivity index (χ0) is 24.9. The first-order valence-corrected chi connectivity index (χ1v) is 10.3. The number of hydrogen-bond acceptors (Lipinski definition) is 7. The first kappa shape index (κ1) is 24.7. The highest BCUT2D eigenvalue weighted by molar-refractivity contribution is 5.91. The van der Waals surface area contributed by atoms with Gasteiger partial charge in [-0.3, -0.25) is 9.48 Å². The molecule has 10 nitrogen and oxygen atoms in total. The van der Waals surface area contributed by atoms with Crippen LogP contribution in [0.25, 0.3) is 11.3 Å². The Balaban J connectivity index is 0.000000406. The molecule has 4 rings (SSSR count). The zero-order valence-electron chi connectivity index (χ0n) is 18.5. The first-order chi connectivity index (χ1) is 16.1. The van der Waals surface area contributed by atoms with Crippen LogP contribution in [0.1, 0.15) is 22.7 Å². The standard InChI is InChI=1S/C19H22N6O2.C2HF3O2/c1-14-15(13-23(2)22-14)16-6-7-20-19(21-16)25-9-4-8-24(10-11-25)18(26)17-5-3-12-27-17;3-2(4,5)1(6)7/h3,5-7,12-13H,4,8-11H2,1-2H3;(H,6,7). The van der Waals surface area contributed by atoms with Gasteiger partial charge in [0.15, 0.2) is 5.76 Å². The molecule has 1 saturated heterocycles. The van der Waals surface area contributed by atoms with Crippen LogP contribution in [0.5, 0.6) is 0 Å². The first-order valence-electron chi connectivity index (χ1n) is 10.3. The number of aliphatic carboxylic acids is 1. The number of aryl methyl sites for hydroxylation is 2. The number of aromatic nitrogens is 4. The molecular weight excluding hydrogens is 457 g/mol. The zero-order valence-corrected chi connectivity index (χ0v) is 18.5. The summed E-state index contributed by atoms with van der Waals surface area (Å²) in [5.41, 5.74) is 2.80. The SMILES string of the molecule is Cc1nn(C)cc1-c1ccnc(N2CCCN(C(=O)c3ccco3)CC2)n1.O=C(O)C(F)(F)F. The second-order valence-corrected chi connectivity index (χ2v) is 7.46. The normalized spacial score (nSPS) is 14.3. The van der Waals surface area contributed by atoms with Crippen LogP contribution in [0.4, 0.5) is 19.1 Å². The number of carbonyl (C=O) groups excluding carboxylic acids is 1. The van der Waals surface area contributed by atoms with Gasteiger partial charge in [0.05, 0.1) is 17.7 Å². The van der Waals surface area contributed by atoms with E-state index in [1.54, 1.807) is 23.0 Å². The number of alkyl halides is 3. The van der Waals surface area contributed by atoms with Crippen molar-refractivity contribution >= 4 is 17.8 Å². The average molecular weight is 480 g/mol. The van der Waals surface area contributed by atoms with E-state index in [0.29, 0.717) is 31.3 Å². The summed E-state index contributed by atoms with van der Waals surface area (Å²) in [5.74, 6) is -1.76. The van der Waals surface area contributed by atoms with E-state index in [1.165, 1.54) is 6.26 Å². The molecule has 1 aliphatic heterocycles. The summed E-state index contributed by atoms with van der Waals surface area (Å²) in [4.78, 5) is 34.6. The van der Waals surface area contributed by atoms with E-state index < -0.39 is 12.1 Å². The summed E-state index contributed by atoms with van der Waals surface area (Å²) >= 11 is 0. The van der Waals surface area contributed by atoms with Crippen LogP contribution < -0.4 is 4.90 Å². The lowest BCUT2D eigenvalue weighted by atomic mass is 10.2. The third-order valence-electron chi connectivity index (χ3n) is 4.97. The van der Waals surface area contributed by atoms with Gasteiger partial charge in [0, 0.05) is 51.2 Å². The second-order valence-electron chi connectivity index (χ2n) is 7.46. The molecule has 0 atom stereocenters. The van der Waals surface area contributed by atoms with Crippen molar-refractivity contribution < 1.29 is 32.3 Å². The molecule has 1 amide bonds. The fraction of sp³-hybridized carbons (Fsp3) is 0.381. The van der Waals surface area contributed by atoms with Crippen molar-refractivity contribution in [2.24, 2.45) is 7.05 Å². The second kappa shape index (κ2) is 10.4. The lowest BCUT2D eigenvalue weighted by molar-refractivity contribution is -0.192. The van der Waals surface area contributed by atoms with Crippen molar-refractivity contribution in [3.63, 3.8) is 0 Å². The van der Waals surface area contributed by atoms with Crippen LogP contribution >= 0.6 is 0 Å². The summed E-state index contributed by atoms with van der Waals surface area (Å²) in [6.07, 6.45) is 1.04. The molecule has 0 aliphatic carbocycles. The van der Waals surface area contributed by atoms with Gasteiger partial charge >= 0.3 is 12.1 Å². The Bertz CT molecular complexity index is 1130. The molecular formula is C21H23F3N6O4. The minimum absolute atomic E-state index is 0.0671. The quantitative estimate of drug-likeness (QED) is 0.608. The molecule has 13 heteroatoms. The number of nitrogens with zero attached hydrogens (tertiary/aromatic N) is 6. The highest BCUT2D eigenvalue weighted by Crippen LogP contribution is 2.22. The molecule has 1 fully saturated rings. The Morgan fingerprint density at radius 2 is 1.88 bits per heavy atom. The van der Waals surface area contributed by atoms with Crippen LogP contribution in [0, 0.1) is 6.92 Å². The number of furan rings is 1. The van der Waals surface area contributed by atoms with Crippen LogP contribution in [0.3, 0.4) is 0 Å². The lowest BCUT2D eigenvalue weighted by Crippen LogP contribution is -2.35. The van der Waals surface area contributed by atoms with Crippen LogP contribution in [0.15, 0.2) is 41.3 Å². The van der Waals surface area contributed by atoms with Gasteiger partial charge in [-0.25, -0.2) is 14.8 Å². The Morgan fingerprint density at radius 3 is 2.47 bits per heavy atom. The number of halogens is 3. The van der Waals surface area contributed by atoms with Crippen molar-refractivity contribution in [2.45, 2.75) is 19.5 Å².